The molecule has 5 nitrogen and oxygen atoms in total. The highest BCUT2D eigenvalue weighted by Gasteiger charge is 2.17. The molecule has 0 spiro atoms. The molecule has 8 heteroatoms. The highest BCUT2D eigenvalue weighted by Crippen LogP contribution is 2.29. The van der Waals surface area contributed by atoms with E-state index in [1.165, 1.54) is 11.3 Å². The van der Waals surface area contributed by atoms with Crippen molar-refractivity contribution in [2.24, 2.45) is 0 Å². The number of rotatable bonds is 3. The minimum atomic E-state index is -0.215. The molecule has 3 rings (SSSR count). The summed E-state index contributed by atoms with van der Waals surface area (Å²) in [7, 11) is 2.12. The number of nitrogens with zero attached hydrogens (tertiary/aromatic N) is 2. The van der Waals surface area contributed by atoms with Gasteiger partial charge in [-0.05, 0) is 48.9 Å². The molecule has 2 aromatic rings. The summed E-state index contributed by atoms with van der Waals surface area (Å²) in [6.07, 6.45) is 0. The molecule has 0 radical (unpaired) electrons. The first-order valence-corrected chi connectivity index (χ1v) is 9.58. The number of piperazine rings is 1. The number of anilines is 2. The Balaban J connectivity index is 1.60. The first-order valence-electron chi connectivity index (χ1n) is 7.92. The fraction of sp³-hybridized carbons (Fsp3) is 0.294. The summed E-state index contributed by atoms with van der Waals surface area (Å²) in [5.41, 5.74) is 1.77. The van der Waals surface area contributed by atoms with Gasteiger partial charge in [-0.1, -0.05) is 17.7 Å². The van der Waals surface area contributed by atoms with Crippen molar-refractivity contribution in [3.8, 4) is 0 Å². The second-order valence-corrected chi connectivity index (χ2v) is 7.61. The molecule has 1 aliphatic rings. The van der Waals surface area contributed by atoms with Gasteiger partial charge in [-0.3, -0.25) is 10.1 Å². The lowest BCUT2D eigenvalue weighted by molar-refractivity contribution is 0.0981. The number of hydrogen-bond acceptors (Lipinski definition) is 5. The molecule has 1 saturated heterocycles. The Morgan fingerprint density at radius 1 is 1.24 bits per heavy atom. The second kappa shape index (κ2) is 8.14. The lowest BCUT2D eigenvalue weighted by atomic mass is 10.2. The van der Waals surface area contributed by atoms with Crippen LogP contribution in [0.2, 0.25) is 5.02 Å². The van der Waals surface area contributed by atoms with Crippen molar-refractivity contribution in [1.82, 2.24) is 10.2 Å². The maximum Gasteiger partial charge on any atom is 0.267 e. The summed E-state index contributed by atoms with van der Waals surface area (Å²) < 4.78 is 0. The fourth-order valence-electron chi connectivity index (χ4n) is 2.62. The minimum absolute atomic E-state index is 0.215. The molecule has 0 aliphatic carbocycles. The van der Waals surface area contributed by atoms with E-state index in [2.05, 4.69) is 27.5 Å². The van der Waals surface area contributed by atoms with Crippen molar-refractivity contribution in [1.29, 1.82) is 0 Å². The summed E-state index contributed by atoms with van der Waals surface area (Å²) >= 11 is 13.0. The highest BCUT2D eigenvalue weighted by atomic mass is 35.5. The summed E-state index contributed by atoms with van der Waals surface area (Å²) in [6, 6.07) is 9.32. The van der Waals surface area contributed by atoms with Crippen molar-refractivity contribution in [3.63, 3.8) is 0 Å². The predicted octanol–water partition coefficient (Wildman–Crippen LogP) is 3.28. The number of halogens is 1. The predicted molar refractivity (Wildman–Crippen MR) is 109 cm³/mol. The molecule has 0 atom stereocenters. The van der Waals surface area contributed by atoms with Gasteiger partial charge in [0.05, 0.1) is 15.6 Å². The van der Waals surface area contributed by atoms with Crippen LogP contribution in [0, 0.1) is 0 Å². The van der Waals surface area contributed by atoms with Crippen LogP contribution in [0.4, 0.5) is 11.4 Å². The molecule has 1 fully saturated rings. The Bertz CT molecular complexity index is 758. The summed E-state index contributed by atoms with van der Waals surface area (Å²) in [5.74, 6) is -0.215. The van der Waals surface area contributed by atoms with E-state index < -0.39 is 0 Å². The van der Waals surface area contributed by atoms with Crippen LogP contribution < -0.4 is 15.5 Å². The molecule has 2 heterocycles. The van der Waals surface area contributed by atoms with Gasteiger partial charge in [0.15, 0.2) is 5.11 Å². The van der Waals surface area contributed by atoms with Crippen molar-refractivity contribution in [3.05, 3.63) is 45.6 Å². The Morgan fingerprint density at radius 2 is 2.00 bits per heavy atom. The van der Waals surface area contributed by atoms with Gasteiger partial charge in [-0.25, -0.2) is 0 Å². The van der Waals surface area contributed by atoms with Gasteiger partial charge in [-0.2, -0.15) is 0 Å². The number of carbonyl (C=O) groups excluding carboxylic acids is 1. The van der Waals surface area contributed by atoms with Gasteiger partial charge in [0.25, 0.3) is 5.91 Å². The normalized spacial score (nSPS) is 15.0. The van der Waals surface area contributed by atoms with Crippen LogP contribution in [0.1, 0.15) is 9.67 Å². The molecule has 1 aromatic heterocycles. The zero-order chi connectivity index (χ0) is 17.8. The number of benzene rings is 1. The summed E-state index contributed by atoms with van der Waals surface area (Å²) in [5, 5.41) is 8.44. The average molecular weight is 395 g/mol. The van der Waals surface area contributed by atoms with E-state index in [1.54, 1.807) is 6.07 Å². The van der Waals surface area contributed by atoms with Crippen LogP contribution in [0.5, 0.6) is 0 Å². The smallest absolute Gasteiger partial charge is 0.267 e. The van der Waals surface area contributed by atoms with Crippen LogP contribution in [-0.4, -0.2) is 49.1 Å². The highest BCUT2D eigenvalue weighted by molar-refractivity contribution is 7.80. The van der Waals surface area contributed by atoms with E-state index in [1.807, 2.05) is 29.6 Å². The molecule has 132 valence electrons. The molecule has 25 heavy (non-hydrogen) atoms. The Labute approximate surface area is 161 Å². The summed E-state index contributed by atoms with van der Waals surface area (Å²) in [4.78, 5) is 17.2. The average Bonchev–Trinajstić information content (AvgIpc) is 3.10. The Hall–Kier alpha value is -1.67. The van der Waals surface area contributed by atoms with Gasteiger partial charge < -0.3 is 15.1 Å². The van der Waals surface area contributed by atoms with E-state index in [0.717, 1.165) is 37.6 Å². The molecule has 0 unspecified atom stereocenters. The molecular weight excluding hydrogens is 376 g/mol. The van der Waals surface area contributed by atoms with Crippen LogP contribution in [0.3, 0.4) is 0 Å². The van der Waals surface area contributed by atoms with E-state index in [-0.39, 0.29) is 11.0 Å². The molecular formula is C17H19ClN4OS2. The summed E-state index contributed by atoms with van der Waals surface area (Å²) in [6.45, 7) is 3.96. The number of carbonyl (C=O) groups is 1. The third-order valence-corrected chi connectivity index (χ3v) is 5.40. The van der Waals surface area contributed by atoms with Crippen LogP contribution >= 0.6 is 35.2 Å². The molecule has 2 N–H and O–H groups in total. The van der Waals surface area contributed by atoms with Crippen molar-refractivity contribution in [2.75, 3.05) is 43.4 Å². The van der Waals surface area contributed by atoms with Crippen molar-refractivity contribution >= 4 is 57.5 Å². The minimum Gasteiger partial charge on any atom is -0.368 e. The lowest BCUT2D eigenvalue weighted by Gasteiger charge is -2.34. The number of hydrogen-bond donors (Lipinski definition) is 2. The van der Waals surface area contributed by atoms with Gasteiger partial charge in [0.2, 0.25) is 0 Å². The number of likely N-dealkylation sites (N-methyl/N-ethyl adjacent to an activating group) is 1. The number of thiophene rings is 1. The third-order valence-electron chi connectivity index (χ3n) is 4.02. The number of amides is 1. The molecule has 1 aromatic carbocycles. The number of thiocarbonyl (C=S) groups is 1. The van der Waals surface area contributed by atoms with E-state index in [9.17, 15) is 4.79 Å². The second-order valence-electron chi connectivity index (χ2n) is 5.84. The largest absolute Gasteiger partial charge is 0.368 e. The zero-order valence-corrected chi connectivity index (χ0v) is 16.2. The van der Waals surface area contributed by atoms with E-state index >= 15 is 0 Å². The molecule has 0 saturated carbocycles. The van der Waals surface area contributed by atoms with Crippen LogP contribution in [0.25, 0.3) is 0 Å². The Morgan fingerprint density at radius 3 is 2.64 bits per heavy atom. The monoisotopic (exact) mass is 394 g/mol. The topological polar surface area (TPSA) is 47.6 Å². The van der Waals surface area contributed by atoms with Gasteiger partial charge >= 0.3 is 0 Å². The zero-order valence-electron chi connectivity index (χ0n) is 13.8. The van der Waals surface area contributed by atoms with E-state index in [0.29, 0.717) is 9.90 Å². The van der Waals surface area contributed by atoms with Gasteiger partial charge in [0, 0.05) is 31.9 Å². The molecule has 0 bridgehead atoms. The first-order chi connectivity index (χ1) is 12.0. The maximum absolute atomic E-state index is 12.0. The SMILES string of the molecule is CN1CCN(c2ccc(NC(=S)NC(=O)c3cccs3)cc2Cl)CC1. The van der Waals surface area contributed by atoms with Gasteiger partial charge in [0.1, 0.15) is 0 Å². The maximum atomic E-state index is 12.0. The standard InChI is InChI=1S/C17H19ClN4OS2/c1-21-6-8-22(9-7-21)14-5-4-12(11-13(14)18)19-17(24)20-16(23)15-3-2-10-25-15/h2-5,10-11H,6-9H2,1H3,(H2,19,20,23,24). The lowest BCUT2D eigenvalue weighted by Crippen LogP contribution is -2.44. The Kier molecular flexibility index (Phi) is 5.90. The van der Waals surface area contributed by atoms with Crippen molar-refractivity contribution in [2.45, 2.75) is 0 Å². The van der Waals surface area contributed by atoms with Crippen molar-refractivity contribution < 1.29 is 4.79 Å². The van der Waals surface area contributed by atoms with Crippen LogP contribution in [-0.2, 0) is 0 Å². The van der Waals surface area contributed by atoms with E-state index in [4.69, 9.17) is 23.8 Å². The molecule has 1 aliphatic heterocycles. The first kappa shape index (κ1) is 18.1. The number of nitrogens with one attached hydrogen (secondary N) is 2. The fourth-order valence-corrected chi connectivity index (χ4v) is 3.75. The van der Waals surface area contributed by atoms with Gasteiger partial charge in [-0.15, -0.1) is 11.3 Å². The quantitative estimate of drug-likeness (QED) is 0.782. The molecule has 1 amide bonds. The third kappa shape index (κ3) is 4.70. The van der Waals surface area contributed by atoms with Crippen LogP contribution in [0.15, 0.2) is 35.7 Å².